The van der Waals surface area contributed by atoms with Crippen molar-refractivity contribution < 1.29 is 9.66 Å². The average Bonchev–Trinajstić information content (AvgIpc) is 2.55. The van der Waals surface area contributed by atoms with Gasteiger partial charge in [-0.1, -0.05) is 29.8 Å². The molecule has 102 valence electrons. The highest BCUT2D eigenvalue weighted by atomic mass is 35.5. The van der Waals surface area contributed by atoms with Gasteiger partial charge in [0, 0.05) is 15.5 Å². The number of hydrogen-bond donors (Lipinski definition) is 0. The molecular formula is C15H12ClNO3. The first kappa shape index (κ1) is 12.9. The van der Waals surface area contributed by atoms with E-state index in [2.05, 4.69) is 0 Å². The van der Waals surface area contributed by atoms with E-state index in [4.69, 9.17) is 16.3 Å². The van der Waals surface area contributed by atoms with Crippen LogP contribution >= 0.6 is 11.6 Å². The van der Waals surface area contributed by atoms with Crippen molar-refractivity contribution in [2.75, 3.05) is 6.54 Å². The van der Waals surface area contributed by atoms with Gasteiger partial charge in [0.15, 0.2) is 0 Å². The van der Waals surface area contributed by atoms with E-state index >= 15 is 0 Å². The molecular weight excluding hydrogens is 278 g/mol. The predicted molar refractivity (Wildman–Crippen MR) is 76.3 cm³/mol. The van der Waals surface area contributed by atoms with Crippen molar-refractivity contribution in [3.8, 4) is 11.5 Å². The van der Waals surface area contributed by atoms with Crippen molar-refractivity contribution in [1.29, 1.82) is 0 Å². The zero-order valence-electron chi connectivity index (χ0n) is 10.6. The molecule has 0 amide bonds. The number of nitrogens with zero attached hydrogens (tertiary/aromatic N) is 1. The lowest BCUT2D eigenvalue weighted by Crippen LogP contribution is -2.14. The number of para-hydroxylation sites is 1. The van der Waals surface area contributed by atoms with E-state index < -0.39 is 0 Å². The summed E-state index contributed by atoms with van der Waals surface area (Å²) in [5.41, 5.74) is 1.78. The smallest absolute Gasteiger partial charge is 0.211 e. The second-order valence-corrected chi connectivity index (χ2v) is 5.24. The third-order valence-electron chi connectivity index (χ3n) is 3.44. The molecule has 0 aromatic heterocycles. The number of ether oxygens (including phenoxy) is 1. The third-order valence-corrected chi connectivity index (χ3v) is 3.68. The number of rotatable bonds is 2. The average molecular weight is 290 g/mol. The van der Waals surface area contributed by atoms with Gasteiger partial charge in [0.25, 0.3) is 0 Å². The van der Waals surface area contributed by atoms with Gasteiger partial charge in [-0.25, -0.2) is 0 Å². The molecule has 4 nitrogen and oxygen atoms in total. The fourth-order valence-corrected chi connectivity index (χ4v) is 2.72. The molecule has 3 rings (SSSR count). The number of halogens is 1. The first-order valence-corrected chi connectivity index (χ1v) is 6.68. The van der Waals surface area contributed by atoms with Crippen molar-refractivity contribution >= 4 is 11.6 Å². The number of fused-ring (bicyclic) bond motifs is 2. The summed E-state index contributed by atoms with van der Waals surface area (Å²) in [7, 11) is 0. The van der Waals surface area contributed by atoms with Crippen LogP contribution in [0.1, 0.15) is 17.0 Å². The summed E-state index contributed by atoms with van der Waals surface area (Å²) in [5, 5.41) is 11.5. The molecule has 0 fully saturated rings. The molecule has 20 heavy (non-hydrogen) atoms. The molecule has 0 N–H and O–H groups in total. The molecule has 5 heteroatoms. The molecule has 1 aliphatic rings. The maximum Gasteiger partial charge on any atom is 0.211 e. The van der Waals surface area contributed by atoms with Crippen LogP contribution in [0.25, 0.3) is 0 Å². The van der Waals surface area contributed by atoms with Crippen LogP contribution in [0.5, 0.6) is 11.5 Å². The van der Waals surface area contributed by atoms with Gasteiger partial charge in [0.2, 0.25) is 6.54 Å². The van der Waals surface area contributed by atoms with Crippen molar-refractivity contribution in [1.82, 2.24) is 0 Å². The van der Waals surface area contributed by atoms with E-state index in [1.54, 1.807) is 18.2 Å². The first-order chi connectivity index (χ1) is 9.63. The Balaban J connectivity index is 2.11. The van der Waals surface area contributed by atoms with Gasteiger partial charge >= 0.3 is 0 Å². The molecule has 1 unspecified atom stereocenters. The maximum absolute atomic E-state index is 10.9. The predicted octanol–water partition coefficient (Wildman–Crippen LogP) is 4.05. The first-order valence-electron chi connectivity index (χ1n) is 6.30. The lowest BCUT2D eigenvalue weighted by Gasteiger charge is -2.12. The van der Waals surface area contributed by atoms with Crippen LogP contribution in [-0.2, 0) is 6.42 Å². The summed E-state index contributed by atoms with van der Waals surface area (Å²) in [4.78, 5) is 10.6. The highest BCUT2D eigenvalue weighted by Gasteiger charge is 2.27. The molecule has 0 aliphatic carbocycles. The Bertz CT molecular complexity index is 672. The molecule has 0 radical (unpaired) electrons. The van der Waals surface area contributed by atoms with Gasteiger partial charge in [0.05, 0.1) is 5.92 Å². The zero-order valence-corrected chi connectivity index (χ0v) is 11.3. The molecule has 2 aromatic carbocycles. The van der Waals surface area contributed by atoms with E-state index in [1.165, 1.54) is 0 Å². The second-order valence-electron chi connectivity index (χ2n) is 4.81. The van der Waals surface area contributed by atoms with Crippen LogP contribution in [0, 0.1) is 10.1 Å². The van der Waals surface area contributed by atoms with E-state index in [1.807, 2.05) is 24.3 Å². The number of hydrogen-bond acceptors (Lipinski definition) is 3. The molecule has 0 bridgehead atoms. The molecule has 1 atom stereocenters. The Morgan fingerprint density at radius 1 is 1.25 bits per heavy atom. The van der Waals surface area contributed by atoms with Crippen molar-refractivity contribution in [3.63, 3.8) is 0 Å². The third kappa shape index (κ3) is 2.47. The summed E-state index contributed by atoms with van der Waals surface area (Å²) in [6.45, 7) is -0.134. The summed E-state index contributed by atoms with van der Waals surface area (Å²) >= 11 is 6.02. The lowest BCUT2D eigenvalue weighted by molar-refractivity contribution is -0.483. The van der Waals surface area contributed by atoms with Gasteiger partial charge in [0.1, 0.15) is 11.5 Å². The van der Waals surface area contributed by atoms with Crippen LogP contribution in [0.3, 0.4) is 0 Å². The fraction of sp³-hybridized carbons (Fsp3) is 0.200. The molecule has 1 heterocycles. The summed E-state index contributed by atoms with van der Waals surface area (Å²) < 4.78 is 5.89. The Labute approximate surface area is 121 Å². The molecule has 1 aliphatic heterocycles. The Hall–Kier alpha value is -2.07. The summed E-state index contributed by atoms with van der Waals surface area (Å²) in [6.07, 6.45) is 0.574. The molecule has 0 saturated heterocycles. The van der Waals surface area contributed by atoms with E-state index in [0.29, 0.717) is 17.2 Å². The topological polar surface area (TPSA) is 52.4 Å². The molecule has 2 aromatic rings. The monoisotopic (exact) mass is 289 g/mol. The fourth-order valence-electron chi connectivity index (χ4n) is 2.54. The highest BCUT2D eigenvalue weighted by Crippen LogP contribution is 2.40. The minimum Gasteiger partial charge on any atom is -0.457 e. The van der Waals surface area contributed by atoms with Crippen LogP contribution in [0.15, 0.2) is 42.5 Å². The highest BCUT2D eigenvalue weighted by molar-refractivity contribution is 6.30. The Morgan fingerprint density at radius 3 is 2.85 bits per heavy atom. The summed E-state index contributed by atoms with van der Waals surface area (Å²) in [5.74, 6) is 1.16. The lowest BCUT2D eigenvalue weighted by atomic mass is 9.92. The molecule has 0 spiro atoms. The van der Waals surface area contributed by atoms with E-state index in [9.17, 15) is 10.1 Å². The number of benzene rings is 2. The maximum atomic E-state index is 10.9. The van der Waals surface area contributed by atoms with Crippen molar-refractivity contribution in [2.24, 2.45) is 0 Å². The Kier molecular flexibility index (Phi) is 3.32. The van der Waals surface area contributed by atoms with Gasteiger partial charge in [-0.15, -0.1) is 0 Å². The zero-order chi connectivity index (χ0) is 14.1. The van der Waals surface area contributed by atoms with E-state index in [0.717, 1.165) is 16.9 Å². The normalized spacial score (nSPS) is 16.6. The van der Waals surface area contributed by atoms with E-state index in [-0.39, 0.29) is 17.4 Å². The standard InChI is InChI=1S/C15H12ClNO3/c16-12-5-6-15-13(8-12)11(9-17(18)19)7-10-3-1-2-4-14(10)20-15/h1-6,8,11H,7,9H2. The van der Waals surface area contributed by atoms with Crippen LogP contribution in [0.2, 0.25) is 5.02 Å². The van der Waals surface area contributed by atoms with Gasteiger partial charge in [-0.05, 0) is 36.2 Å². The summed E-state index contributed by atoms with van der Waals surface area (Å²) in [6, 6.07) is 12.9. The van der Waals surface area contributed by atoms with Crippen LogP contribution in [0.4, 0.5) is 0 Å². The minimum absolute atomic E-state index is 0.134. The van der Waals surface area contributed by atoms with Crippen molar-refractivity contribution in [2.45, 2.75) is 12.3 Å². The quantitative estimate of drug-likeness (QED) is 0.619. The number of nitro groups is 1. The van der Waals surface area contributed by atoms with Crippen molar-refractivity contribution in [3.05, 3.63) is 68.7 Å². The SMILES string of the molecule is O=[N+]([O-])CC1Cc2ccccc2Oc2ccc(Cl)cc21. The minimum atomic E-state index is -0.288. The second kappa shape index (κ2) is 5.13. The van der Waals surface area contributed by atoms with Crippen LogP contribution in [-0.4, -0.2) is 11.5 Å². The van der Waals surface area contributed by atoms with Gasteiger partial charge in [-0.3, -0.25) is 10.1 Å². The van der Waals surface area contributed by atoms with Crippen LogP contribution < -0.4 is 4.74 Å². The molecule has 0 saturated carbocycles. The van der Waals surface area contributed by atoms with Gasteiger partial charge < -0.3 is 4.74 Å². The Morgan fingerprint density at radius 2 is 2.05 bits per heavy atom. The van der Waals surface area contributed by atoms with Gasteiger partial charge in [-0.2, -0.15) is 0 Å². The largest absolute Gasteiger partial charge is 0.457 e.